The Balaban J connectivity index is 1.73. The summed E-state index contributed by atoms with van der Waals surface area (Å²) in [5, 5.41) is 6.32. The minimum Gasteiger partial charge on any atom is -0.407 e. The van der Waals surface area contributed by atoms with E-state index in [1.165, 1.54) is 12.1 Å². The van der Waals surface area contributed by atoms with E-state index < -0.39 is 35.4 Å². The highest BCUT2D eigenvalue weighted by molar-refractivity contribution is 7.14. The number of carbonyl (C=O) groups excluding carboxylic acids is 2. The molecule has 0 spiro atoms. The van der Waals surface area contributed by atoms with Crippen molar-refractivity contribution in [2.24, 2.45) is 5.73 Å². The van der Waals surface area contributed by atoms with Gasteiger partial charge in [-0.05, 0) is 35.9 Å². The van der Waals surface area contributed by atoms with Gasteiger partial charge in [0.05, 0.1) is 11.3 Å². The van der Waals surface area contributed by atoms with E-state index in [2.05, 4.69) is 5.32 Å². The van der Waals surface area contributed by atoms with Crippen LogP contribution in [0.25, 0.3) is 11.1 Å². The van der Waals surface area contributed by atoms with Crippen LogP contribution >= 0.6 is 11.3 Å². The second kappa shape index (κ2) is 8.52. The number of urea groups is 1. The molecule has 0 fully saturated rings. The molecule has 0 bridgehead atoms. The van der Waals surface area contributed by atoms with Crippen LogP contribution in [0.4, 0.5) is 43.5 Å². The summed E-state index contributed by atoms with van der Waals surface area (Å²) < 4.78 is 57.0. The number of primary amides is 1. The molecule has 0 saturated heterocycles. The van der Waals surface area contributed by atoms with E-state index in [0.717, 1.165) is 11.3 Å². The first-order valence-electron chi connectivity index (χ1n) is 8.44. The smallest absolute Gasteiger partial charge is 0.407 e. The highest BCUT2D eigenvalue weighted by atomic mass is 32.1. The summed E-state index contributed by atoms with van der Waals surface area (Å²) in [7, 11) is 0. The zero-order chi connectivity index (χ0) is 22.8. The van der Waals surface area contributed by atoms with Gasteiger partial charge in [-0.2, -0.15) is 13.2 Å². The molecule has 1 heterocycles. The number of thiophene rings is 1. The van der Waals surface area contributed by atoms with Gasteiger partial charge in [-0.1, -0.05) is 12.1 Å². The van der Waals surface area contributed by atoms with E-state index in [1.807, 2.05) is 5.32 Å². The Morgan fingerprint density at radius 1 is 1.03 bits per heavy atom. The van der Waals surface area contributed by atoms with E-state index in [4.69, 9.17) is 16.2 Å². The van der Waals surface area contributed by atoms with Crippen LogP contribution in [0.5, 0.6) is 5.75 Å². The van der Waals surface area contributed by atoms with E-state index >= 15 is 0 Å². The van der Waals surface area contributed by atoms with E-state index in [0.29, 0.717) is 29.3 Å². The highest BCUT2D eigenvalue weighted by Crippen LogP contribution is 2.40. The van der Waals surface area contributed by atoms with Gasteiger partial charge in [0.2, 0.25) is 0 Å². The van der Waals surface area contributed by atoms with Gasteiger partial charge >= 0.3 is 18.3 Å². The summed E-state index contributed by atoms with van der Waals surface area (Å²) >= 11 is 1.14. The zero-order valence-corrected chi connectivity index (χ0v) is 16.2. The van der Waals surface area contributed by atoms with Crippen LogP contribution < -0.4 is 26.8 Å². The molecular formula is C19H14F4N4O3S. The minimum absolute atomic E-state index is 0.107. The third-order valence-corrected chi connectivity index (χ3v) is 4.76. The molecule has 0 atom stereocenters. The van der Waals surface area contributed by atoms with Gasteiger partial charge in [-0.25, -0.2) is 14.0 Å². The number of ether oxygens (including phenoxy) is 1. The van der Waals surface area contributed by atoms with Crippen molar-refractivity contribution in [3.63, 3.8) is 0 Å². The fourth-order valence-corrected chi connectivity index (χ4v) is 3.33. The summed E-state index contributed by atoms with van der Waals surface area (Å²) in [6.45, 7) is 0. The number of amides is 3. The summed E-state index contributed by atoms with van der Waals surface area (Å²) in [6.07, 6.45) is -5.71. The predicted molar refractivity (Wildman–Crippen MR) is 108 cm³/mol. The fourth-order valence-electron chi connectivity index (χ4n) is 2.58. The molecule has 1 aromatic heterocycles. The fraction of sp³-hybridized carbons (Fsp3) is 0.0526. The standard InChI is InChI=1S/C19H14F4N4O3S/c20-13-6-3-10(19(21,22)23)7-14(13)27-18(29)26-11-4-1-9(2-5-11)12-8-31-16(24)15(12)30-17(25)28/h1-8H,24H2,(H2,25,28)(H2,26,27,29). The molecule has 7 nitrogen and oxygen atoms in total. The molecule has 3 rings (SSSR count). The van der Waals surface area contributed by atoms with Gasteiger partial charge in [0.15, 0.2) is 5.75 Å². The molecule has 0 saturated carbocycles. The summed E-state index contributed by atoms with van der Waals surface area (Å²) in [6, 6.07) is 6.88. The maximum Gasteiger partial charge on any atom is 0.416 e. The molecule has 12 heteroatoms. The number of nitrogens with one attached hydrogen (secondary N) is 2. The molecule has 0 radical (unpaired) electrons. The Bertz CT molecular complexity index is 1130. The average molecular weight is 454 g/mol. The number of halogens is 4. The van der Waals surface area contributed by atoms with Crippen molar-refractivity contribution in [1.82, 2.24) is 0 Å². The topological polar surface area (TPSA) is 119 Å². The molecule has 2 aromatic carbocycles. The van der Waals surface area contributed by atoms with Crippen molar-refractivity contribution in [2.75, 3.05) is 16.4 Å². The number of benzene rings is 2. The lowest BCUT2D eigenvalue weighted by Gasteiger charge is -2.12. The van der Waals surface area contributed by atoms with Crippen molar-refractivity contribution < 1.29 is 31.9 Å². The Labute approximate surface area is 176 Å². The Hall–Kier alpha value is -3.80. The van der Waals surface area contributed by atoms with Crippen LogP contribution in [0.2, 0.25) is 0 Å². The Morgan fingerprint density at radius 3 is 2.32 bits per heavy atom. The lowest BCUT2D eigenvalue weighted by molar-refractivity contribution is -0.137. The van der Waals surface area contributed by atoms with Gasteiger partial charge in [0.1, 0.15) is 10.8 Å². The first-order chi connectivity index (χ1) is 14.5. The highest BCUT2D eigenvalue weighted by Gasteiger charge is 2.31. The van der Waals surface area contributed by atoms with Crippen molar-refractivity contribution in [1.29, 1.82) is 0 Å². The molecule has 0 aliphatic carbocycles. The third-order valence-electron chi connectivity index (χ3n) is 3.97. The zero-order valence-electron chi connectivity index (χ0n) is 15.4. The van der Waals surface area contributed by atoms with Gasteiger partial charge in [-0.3, -0.25) is 0 Å². The maximum absolute atomic E-state index is 13.8. The van der Waals surface area contributed by atoms with Crippen LogP contribution in [-0.4, -0.2) is 12.1 Å². The van der Waals surface area contributed by atoms with Crippen molar-refractivity contribution in [3.8, 4) is 16.9 Å². The van der Waals surface area contributed by atoms with Crippen LogP contribution in [0.1, 0.15) is 5.56 Å². The minimum atomic E-state index is -4.68. The van der Waals surface area contributed by atoms with Gasteiger partial charge in [-0.15, -0.1) is 11.3 Å². The van der Waals surface area contributed by atoms with Gasteiger partial charge in [0, 0.05) is 16.6 Å². The lowest BCUT2D eigenvalue weighted by Crippen LogP contribution is -2.20. The molecule has 3 amide bonds. The molecule has 31 heavy (non-hydrogen) atoms. The molecule has 162 valence electrons. The normalized spacial score (nSPS) is 11.1. The first kappa shape index (κ1) is 21.9. The molecule has 0 aliphatic heterocycles. The average Bonchev–Trinajstić information content (AvgIpc) is 3.03. The lowest BCUT2D eigenvalue weighted by atomic mass is 10.1. The van der Waals surface area contributed by atoms with E-state index in [1.54, 1.807) is 17.5 Å². The summed E-state index contributed by atoms with van der Waals surface area (Å²) in [5.41, 5.74) is 10.4. The van der Waals surface area contributed by atoms with Crippen LogP contribution in [0.15, 0.2) is 47.8 Å². The molecule has 3 aromatic rings. The third kappa shape index (κ3) is 5.22. The molecule has 0 unspecified atom stereocenters. The monoisotopic (exact) mass is 454 g/mol. The van der Waals surface area contributed by atoms with Crippen molar-refractivity contribution in [2.45, 2.75) is 6.18 Å². The Morgan fingerprint density at radius 2 is 1.71 bits per heavy atom. The second-order valence-corrected chi connectivity index (χ2v) is 7.02. The number of nitrogen functional groups attached to an aromatic ring is 1. The first-order valence-corrected chi connectivity index (χ1v) is 9.32. The Kier molecular flexibility index (Phi) is 6.02. The molecular weight excluding hydrogens is 440 g/mol. The second-order valence-electron chi connectivity index (χ2n) is 6.11. The van der Waals surface area contributed by atoms with Gasteiger partial charge < -0.3 is 26.8 Å². The number of hydrogen-bond donors (Lipinski definition) is 4. The SMILES string of the molecule is NC(=O)Oc1c(-c2ccc(NC(=O)Nc3cc(C(F)(F)F)ccc3F)cc2)csc1N. The predicted octanol–water partition coefficient (Wildman–Crippen LogP) is 5.26. The summed E-state index contributed by atoms with van der Waals surface area (Å²) in [5.74, 6) is -0.911. The van der Waals surface area contributed by atoms with Gasteiger partial charge in [0.25, 0.3) is 0 Å². The largest absolute Gasteiger partial charge is 0.416 e. The summed E-state index contributed by atoms with van der Waals surface area (Å²) in [4.78, 5) is 23.1. The van der Waals surface area contributed by atoms with Crippen LogP contribution in [-0.2, 0) is 6.18 Å². The molecule has 6 N–H and O–H groups in total. The number of anilines is 3. The molecule has 0 aliphatic rings. The number of nitrogens with two attached hydrogens (primary N) is 2. The maximum atomic E-state index is 13.8. The van der Waals surface area contributed by atoms with E-state index in [9.17, 15) is 27.2 Å². The number of carbonyl (C=O) groups is 2. The quantitative estimate of drug-likeness (QED) is 0.402. The van der Waals surface area contributed by atoms with Crippen LogP contribution in [0, 0.1) is 5.82 Å². The number of alkyl halides is 3. The van der Waals surface area contributed by atoms with Crippen LogP contribution in [0.3, 0.4) is 0 Å². The van der Waals surface area contributed by atoms with E-state index in [-0.39, 0.29) is 16.4 Å². The van der Waals surface area contributed by atoms with Crippen molar-refractivity contribution in [3.05, 3.63) is 59.2 Å². The van der Waals surface area contributed by atoms with Crippen molar-refractivity contribution >= 4 is 39.8 Å². The number of rotatable bonds is 4. The number of hydrogen-bond acceptors (Lipinski definition) is 5.